The minimum absolute atomic E-state index is 0.128. The van der Waals surface area contributed by atoms with Crippen molar-refractivity contribution < 1.29 is 4.74 Å². The molecule has 0 N–H and O–H groups in total. The molecule has 0 radical (unpaired) electrons. The van der Waals surface area contributed by atoms with Crippen molar-refractivity contribution >= 4 is 15.9 Å². The Hall–Kier alpha value is -0.260. The average molecular weight is 259 g/mol. The molecule has 2 heteroatoms. The van der Waals surface area contributed by atoms with E-state index in [-0.39, 0.29) is 11.0 Å². The van der Waals surface area contributed by atoms with Crippen LogP contribution in [-0.2, 0) is 4.74 Å². The van der Waals surface area contributed by atoms with Crippen molar-refractivity contribution in [3.05, 3.63) is 11.1 Å². The van der Waals surface area contributed by atoms with E-state index in [4.69, 9.17) is 11.2 Å². The zero-order chi connectivity index (χ0) is 11.4. The Kier molecular flexibility index (Phi) is 4.91. The zero-order valence-corrected chi connectivity index (χ0v) is 11.1. The molecule has 80 valence electrons. The average Bonchev–Trinajstić information content (AvgIpc) is 1.99. The van der Waals surface area contributed by atoms with E-state index < -0.39 is 0 Å². The smallest absolute Gasteiger partial charge is 0.0783 e. The summed E-state index contributed by atoms with van der Waals surface area (Å²) in [6.45, 7) is 12.4. The fraction of sp³-hybridized carbons (Fsp3) is 0.667. The second-order valence-corrected chi connectivity index (χ2v) is 5.89. The van der Waals surface area contributed by atoms with Crippen molar-refractivity contribution in [1.29, 1.82) is 0 Å². The van der Waals surface area contributed by atoms with Crippen LogP contribution in [0.3, 0.4) is 0 Å². The summed E-state index contributed by atoms with van der Waals surface area (Å²) in [6.07, 6.45) is 6.27. The van der Waals surface area contributed by atoms with E-state index in [9.17, 15) is 0 Å². The van der Waals surface area contributed by atoms with Crippen LogP contribution in [0, 0.1) is 17.8 Å². The summed E-state index contributed by atoms with van der Waals surface area (Å²) >= 11 is 3.26. The molecule has 0 rings (SSSR count). The zero-order valence-electron chi connectivity index (χ0n) is 9.48. The molecule has 0 fully saturated rings. The topological polar surface area (TPSA) is 9.23 Å². The van der Waals surface area contributed by atoms with E-state index in [1.807, 2.05) is 27.7 Å². The summed E-state index contributed by atoms with van der Waals surface area (Å²) < 4.78 is 6.54. The highest BCUT2D eigenvalue weighted by atomic mass is 79.9. The molecule has 0 aromatic heterocycles. The summed E-state index contributed by atoms with van der Waals surface area (Å²) in [5.74, 6) is 2.77. The van der Waals surface area contributed by atoms with Crippen LogP contribution < -0.4 is 0 Å². The molecule has 0 bridgehead atoms. The fourth-order valence-electron chi connectivity index (χ4n) is 1.44. The minimum Gasteiger partial charge on any atom is -0.370 e. The van der Waals surface area contributed by atoms with Crippen molar-refractivity contribution in [2.45, 2.75) is 39.7 Å². The molecular weight excluding hydrogens is 240 g/mol. The number of halogens is 1. The van der Waals surface area contributed by atoms with Gasteiger partial charge >= 0.3 is 0 Å². The molecule has 0 aliphatic heterocycles. The molecule has 0 aliphatic rings. The number of rotatable bonds is 5. The van der Waals surface area contributed by atoms with Crippen LogP contribution in [0.2, 0.25) is 0 Å². The summed E-state index contributed by atoms with van der Waals surface area (Å²) in [7, 11) is 0. The van der Waals surface area contributed by atoms with Gasteiger partial charge in [0, 0.05) is 9.90 Å². The van der Waals surface area contributed by atoms with Gasteiger partial charge in [-0.15, -0.1) is 12.3 Å². The van der Waals surface area contributed by atoms with E-state index in [2.05, 4.69) is 28.4 Å². The minimum atomic E-state index is -0.216. The predicted octanol–water partition coefficient (Wildman–Crippen LogP) is 3.74. The Bertz CT molecular complexity index is 246. The lowest BCUT2D eigenvalue weighted by atomic mass is 9.82. The highest BCUT2D eigenvalue weighted by Gasteiger charge is 2.27. The molecule has 0 saturated heterocycles. The first-order chi connectivity index (χ1) is 6.18. The molecule has 0 atom stereocenters. The first-order valence-electron chi connectivity index (χ1n) is 4.63. The number of terminal acetylenes is 1. The molecular formula is C12H19BrO. The van der Waals surface area contributed by atoms with Crippen LogP contribution in [0.5, 0.6) is 0 Å². The largest absolute Gasteiger partial charge is 0.370 e. The first-order valence-corrected chi connectivity index (χ1v) is 5.43. The lowest BCUT2D eigenvalue weighted by molar-refractivity contribution is -0.0243. The van der Waals surface area contributed by atoms with Gasteiger partial charge in [-0.2, -0.15) is 0 Å². The van der Waals surface area contributed by atoms with Gasteiger partial charge in [0.25, 0.3) is 0 Å². The Morgan fingerprint density at radius 3 is 2.29 bits per heavy atom. The first kappa shape index (κ1) is 13.7. The summed E-state index contributed by atoms with van der Waals surface area (Å²) in [4.78, 5) is 0. The van der Waals surface area contributed by atoms with Gasteiger partial charge < -0.3 is 4.74 Å². The lowest BCUT2D eigenvalue weighted by Gasteiger charge is -2.31. The van der Waals surface area contributed by atoms with E-state index in [1.165, 1.54) is 0 Å². The van der Waals surface area contributed by atoms with Gasteiger partial charge in [-0.05, 0) is 34.1 Å². The summed E-state index contributed by atoms with van der Waals surface area (Å²) in [5, 5.41) is 0. The van der Waals surface area contributed by atoms with Crippen molar-refractivity contribution in [3.63, 3.8) is 0 Å². The van der Waals surface area contributed by atoms with Crippen LogP contribution in [0.4, 0.5) is 0 Å². The normalized spacial score (nSPS) is 12.3. The Labute approximate surface area is 96.0 Å². The summed E-state index contributed by atoms with van der Waals surface area (Å²) in [6, 6.07) is 0. The molecule has 1 nitrogen and oxygen atoms in total. The SMILES string of the molecule is C#CC(C)(C)CC(C)(C)OCC(=C)Br. The van der Waals surface area contributed by atoms with Crippen LogP contribution in [0.25, 0.3) is 0 Å². The van der Waals surface area contributed by atoms with E-state index in [0.29, 0.717) is 6.61 Å². The van der Waals surface area contributed by atoms with Crippen molar-refractivity contribution in [1.82, 2.24) is 0 Å². The van der Waals surface area contributed by atoms with Crippen LogP contribution in [0.15, 0.2) is 11.1 Å². The molecule has 0 aromatic rings. The van der Waals surface area contributed by atoms with Crippen LogP contribution >= 0.6 is 15.9 Å². The van der Waals surface area contributed by atoms with Gasteiger partial charge in [0.05, 0.1) is 12.2 Å². The van der Waals surface area contributed by atoms with Gasteiger partial charge in [0.2, 0.25) is 0 Å². The molecule has 0 aromatic carbocycles. The maximum Gasteiger partial charge on any atom is 0.0783 e. The van der Waals surface area contributed by atoms with Gasteiger partial charge in [-0.1, -0.05) is 22.5 Å². The predicted molar refractivity (Wildman–Crippen MR) is 65.3 cm³/mol. The van der Waals surface area contributed by atoms with E-state index in [1.54, 1.807) is 0 Å². The molecule has 0 amide bonds. The Morgan fingerprint density at radius 1 is 1.43 bits per heavy atom. The maximum atomic E-state index is 5.69. The Balaban J connectivity index is 4.21. The van der Waals surface area contributed by atoms with Crippen molar-refractivity contribution in [2.24, 2.45) is 5.41 Å². The third kappa shape index (κ3) is 6.23. The van der Waals surface area contributed by atoms with E-state index >= 15 is 0 Å². The van der Waals surface area contributed by atoms with Gasteiger partial charge in [0.1, 0.15) is 0 Å². The third-order valence-corrected chi connectivity index (χ3v) is 2.11. The number of hydrogen-bond acceptors (Lipinski definition) is 1. The molecule has 0 spiro atoms. The van der Waals surface area contributed by atoms with Gasteiger partial charge in [0.15, 0.2) is 0 Å². The second-order valence-electron chi connectivity index (χ2n) is 4.77. The highest BCUT2D eigenvalue weighted by Crippen LogP contribution is 2.29. The number of ether oxygens (including phenoxy) is 1. The number of hydrogen-bond donors (Lipinski definition) is 0. The second kappa shape index (κ2) is 5.00. The molecule has 0 unspecified atom stereocenters. The highest BCUT2D eigenvalue weighted by molar-refractivity contribution is 9.11. The summed E-state index contributed by atoms with van der Waals surface area (Å²) in [5.41, 5.74) is -0.344. The van der Waals surface area contributed by atoms with Gasteiger partial charge in [-0.3, -0.25) is 0 Å². The van der Waals surface area contributed by atoms with Crippen molar-refractivity contribution in [3.8, 4) is 12.3 Å². The maximum absolute atomic E-state index is 5.69. The molecule has 0 saturated carbocycles. The van der Waals surface area contributed by atoms with E-state index in [0.717, 1.165) is 10.9 Å². The quantitative estimate of drug-likeness (QED) is 0.683. The van der Waals surface area contributed by atoms with Gasteiger partial charge in [-0.25, -0.2) is 0 Å². The Morgan fingerprint density at radius 2 is 1.93 bits per heavy atom. The van der Waals surface area contributed by atoms with Crippen LogP contribution in [0.1, 0.15) is 34.1 Å². The molecule has 0 aliphatic carbocycles. The molecule has 0 heterocycles. The van der Waals surface area contributed by atoms with Crippen LogP contribution in [-0.4, -0.2) is 12.2 Å². The molecule has 14 heavy (non-hydrogen) atoms. The third-order valence-electron chi connectivity index (χ3n) is 1.88. The van der Waals surface area contributed by atoms with Crippen molar-refractivity contribution in [2.75, 3.05) is 6.61 Å². The lowest BCUT2D eigenvalue weighted by Crippen LogP contribution is -2.31. The standard InChI is InChI=1S/C12H19BrO/c1-7-11(3,4)9-12(5,6)14-8-10(2)13/h1H,2,8-9H2,3-6H3. The fourth-order valence-corrected chi connectivity index (χ4v) is 1.55. The monoisotopic (exact) mass is 258 g/mol.